The number of carbonyl (C=O) groups is 2. The van der Waals surface area contributed by atoms with Crippen molar-refractivity contribution in [3.8, 4) is 0 Å². The molecular weight excluding hydrogens is 290 g/mol. The molecule has 1 heterocycles. The van der Waals surface area contributed by atoms with Gasteiger partial charge in [-0.2, -0.15) is 0 Å². The molecule has 2 saturated carbocycles. The fraction of sp³-hybridized carbons (Fsp3) is 0.889. The van der Waals surface area contributed by atoms with Crippen LogP contribution in [0, 0.1) is 11.8 Å². The standard InChI is InChI=1S/C18H31N3O2/c22-17(13-14-3-1-2-4-14)20-16-7-5-15(6-8-16)18(23)21-11-9-19-10-12-21/h14-16,19H,1-13H2,(H,20,22). The number of nitrogens with one attached hydrogen (secondary N) is 2. The van der Waals surface area contributed by atoms with Gasteiger partial charge in [0.1, 0.15) is 0 Å². The Morgan fingerprint density at radius 3 is 2.26 bits per heavy atom. The summed E-state index contributed by atoms with van der Waals surface area (Å²) in [6.07, 6.45) is 9.50. The summed E-state index contributed by atoms with van der Waals surface area (Å²) in [5.74, 6) is 1.35. The van der Waals surface area contributed by atoms with E-state index in [0.717, 1.165) is 51.9 Å². The maximum atomic E-state index is 12.5. The lowest BCUT2D eigenvalue weighted by atomic mass is 9.85. The van der Waals surface area contributed by atoms with Crippen molar-refractivity contribution in [1.82, 2.24) is 15.5 Å². The summed E-state index contributed by atoms with van der Waals surface area (Å²) in [4.78, 5) is 26.7. The number of hydrogen-bond donors (Lipinski definition) is 2. The zero-order chi connectivity index (χ0) is 16.1. The van der Waals surface area contributed by atoms with Crippen LogP contribution in [0.3, 0.4) is 0 Å². The van der Waals surface area contributed by atoms with Crippen molar-refractivity contribution in [1.29, 1.82) is 0 Å². The lowest BCUT2D eigenvalue weighted by Gasteiger charge is -2.34. The van der Waals surface area contributed by atoms with Gasteiger partial charge in [-0.15, -0.1) is 0 Å². The topological polar surface area (TPSA) is 61.4 Å². The fourth-order valence-corrected chi connectivity index (χ4v) is 4.39. The first-order chi connectivity index (χ1) is 11.2. The van der Waals surface area contributed by atoms with Crippen molar-refractivity contribution < 1.29 is 9.59 Å². The third kappa shape index (κ3) is 4.69. The predicted molar refractivity (Wildman–Crippen MR) is 89.9 cm³/mol. The summed E-state index contributed by atoms with van der Waals surface area (Å²) in [6, 6.07) is 0.288. The van der Waals surface area contributed by atoms with Crippen molar-refractivity contribution >= 4 is 11.8 Å². The van der Waals surface area contributed by atoms with Crippen LogP contribution in [-0.4, -0.2) is 48.9 Å². The highest BCUT2D eigenvalue weighted by molar-refractivity contribution is 5.79. The molecule has 5 nitrogen and oxygen atoms in total. The molecule has 0 aromatic carbocycles. The molecule has 0 aromatic rings. The van der Waals surface area contributed by atoms with E-state index >= 15 is 0 Å². The Labute approximate surface area is 139 Å². The van der Waals surface area contributed by atoms with E-state index < -0.39 is 0 Å². The predicted octanol–water partition coefficient (Wildman–Crippen LogP) is 1.67. The van der Waals surface area contributed by atoms with Crippen molar-refractivity contribution in [3.05, 3.63) is 0 Å². The third-order valence-electron chi connectivity index (χ3n) is 5.82. The molecule has 2 amide bonds. The van der Waals surface area contributed by atoms with Crippen molar-refractivity contribution in [3.63, 3.8) is 0 Å². The van der Waals surface area contributed by atoms with Gasteiger partial charge < -0.3 is 15.5 Å². The second-order valence-electron chi connectivity index (χ2n) is 7.55. The number of amides is 2. The highest BCUT2D eigenvalue weighted by atomic mass is 16.2. The fourth-order valence-electron chi connectivity index (χ4n) is 4.39. The van der Waals surface area contributed by atoms with Gasteiger partial charge in [0.15, 0.2) is 0 Å². The molecule has 0 bridgehead atoms. The maximum absolute atomic E-state index is 12.5. The molecule has 0 spiro atoms. The van der Waals surface area contributed by atoms with E-state index in [1.165, 1.54) is 25.7 Å². The minimum absolute atomic E-state index is 0.177. The molecule has 3 aliphatic rings. The van der Waals surface area contributed by atoms with E-state index in [9.17, 15) is 9.59 Å². The molecule has 2 N–H and O–H groups in total. The Bertz CT molecular complexity index is 406. The van der Waals surface area contributed by atoms with Gasteiger partial charge in [-0.1, -0.05) is 12.8 Å². The highest BCUT2D eigenvalue weighted by Crippen LogP contribution is 2.29. The van der Waals surface area contributed by atoms with E-state index in [4.69, 9.17) is 0 Å². The Hall–Kier alpha value is -1.10. The maximum Gasteiger partial charge on any atom is 0.225 e. The summed E-state index contributed by atoms with van der Waals surface area (Å²) in [6.45, 7) is 3.52. The second kappa shape index (κ2) is 8.13. The second-order valence-corrected chi connectivity index (χ2v) is 7.55. The van der Waals surface area contributed by atoms with Crippen molar-refractivity contribution in [2.24, 2.45) is 11.8 Å². The summed E-state index contributed by atoms with van der Waals surface area (Å²) in [7, 11) is 0. The highest BCUT2D eigenvalue weighted by Gasteiger charge is 2.30. The van der Waals surface area contributed by atoms with Crippen LogP contribution in [0.15, 0.2) is 0 Å². The number of carbonyl (C=O) groups excluding carboxylic acids is 2. The molecule has 0 unspecified atom stereocenters. The number of rotatable bonds is 4. The number of piperazine rings is 1. The Morgan fingerprint density at radius 2 is 1.61 bits per heavy atom. The first-order valence-electron chi connectivity index (χ1n) is 9.51. The average molecular weight is 321 g/mol. The number of hydrogen-bond acceptors (Lipinski definition) is 3. The van der Waals surface area contributed by atoms with Crippen LogP contribution >= 0.6 is 0 Å². The SMILES string of the molecule is O=C(CC1CCCC1)NC1CCC(C(=O)N2CCNCC2)CC1. The van der Waals surface area contributed by atoms with Gasteiger partial charge in [0.05, 0.1) is 0 Å². The van der Waals surface area contributed by atoms with Gasteiger partial charge in [-0.3, -0.25) is 9.59 Å². The zero-order valence-electron chi connectivity index (χ0n) is 14.2. The van der Waals surface area contributed by atoms with Crippen LogP contribution in [0.25, 0.3) is 0 Å². The summed E-state index contributed by atoms with van der Waals surface area (Å²) >= 11 is 0. The average Bonchev–Trinajstić information content (AvgIpc) is 3.08. The molecule has 130 valence electrons. The summed E-state index contributed by atoms with van der Waals surface area (Å²) < 4.78 is 0. The lowest BCUT2D eigenvalue weighted by Crippen LogP contribution is -2.49. The minimum atomic E-state index is 0.177. The van der Waals surface area contributed by atoms with Crippen LogP contribution in [-0.2, 0) is 9.59 Å². The van der Waals surface area contributed by atoms with Gasteiger partial charge in [0.25, 0.3) is 0 Å². The van der Waals surface area contributed by atoms with E-state index in [0.29, 0.717) is 18.2 Å². The monoisotopic (exact) mass is 321 g/mol. The van der Waals surface area contributed by atoms with Gasteiger partial charge in [0.2, 0.25) is 11.8 Å². The third-order valence-corrected chi connectivity index (χ3v) is 5.82. The molecule has 1 saturated heterocycles. The summed E-state index contributed by atoms with van der Waals surface area (Å²) in [5.41, 5.74) is 0. The van der Waals surface area contributed by atoms with Crippen molar-refractivity contribution in [2.45, 2.75) is 63.8 Å². The van der Waals surface area contributed by atoms with Crippen molar-refractivity contribution in [2.75, 3.05) is 26.2 Å². The molecule has 1 aliphatic heterocycles. The minimum Gasteiger partial charge on any atom is -0.353 e. The van der Waals surface area contributed by atoms with Crippen LogP contribution in [0.1, 0.15) is 57.8 Å². The Morgan fingerprint density at radius 1 is 0.957 bits per heavy atom. The molecule has 0 aromatic heterocycles. The van der Waals surface area contributed by atoms with E-state index in [1.807, 2.05) is 4.90 Å². The quantitative estimate of drug-likeness (QED) is 0.828. The van der Waals surface area contributed by atoms with Crippen LogP contribution in [0.5, 0.6) is 0 Å². The molecule has 3 fully saturated rings. The first-order valence-corrected chi connectivity index (χ1v) is 9.51. The normalized spacial score (nSPS) is 29.5. The zero-order valence-corrected chi connectivity index (χ0v) is 14.2. The van der Waals surface area contributed by atoms with Gasteiger partial charge in [-0.25, -0.2) is 0 Å². The molecule has 2 aliphatic carbocycles. The van der Waals surface area contributed by atoms with E-state index in [-0.39, 0.29) is 17.9 Å². The molecule has 3 rings (SSSR count). The van der Waals surface area contributed by atoms with Crippen LogP contribution in [0.4, 0.5) is 0 Å². The number of nitrogens with zero attached hydrogens (tertiary/aromatic N) is 1. The lowest BCUT2D eigenvalue weighted by molar-refractivity contribution is -0.137. The van der Waals surface area contributed by atoms with E-state index in [1.54, 1.807) is 0 Å². The first kappa shape index (κ1) is 16.7. The molecule has 23 heavy (non-hydrogen) atoms. The van der Waals surface area contributed by atoms with Gasteiger partial charge >= 0.3 is 0 Å². The van der Waals surface area contributed by atoms with Gasteiger partial charge in [0, 0.05) is 44.6 Å². The van der Waals surface area contributed by atoms with Gasteiger partial charge in [-0.05, 0) is 44.4 Å². The van der Waals surface area contributed by atoms with Crippen LogP contribution < -0.4 is 10.6 Å². The Balaban J connectivity index is 1.37. The molecule has 0 radical (unpaired) electrons. The Kier molecular flexibility index (Phi) is 5.92. The smallest absolute Gasteiger partial charge is 0.225 e. The van der Waals surface area contributed by atoms with E-state index in [2.05, 4.69) is 10.6 Å². The molecular formula is C18H31N3O2. The van der Waals surface area contributed by atoms with Crippen LogP contribution in [0.2, 0.25) is 0 Å². The summed E-state index contributed by atoms with van der Waals surface area (Å²) in [5, 5.41) is 6.50. The largest absolute Gasteiger partial charge is 0.353 e. The molecule has 5 heteroatoms. The molecule has 0 atom stereocenters.